The third kappa shape index (κ3) is 8.64. The van der Waals surface area contributed by atoms with Crippen molar-refractivity contribution in [3.05, 3.63) is 88.9 Å². The number of halogens is 1. The molecule has 4 rings (SSSR count). The zero-order valence-electron chi connectivity index (χ0n) is 24.9. The number of nitrogens with zero attached hydrogens (tertiary/aromatic N) is 2. The average Bonchev–Trinajstić information content (AvgIpc) is 2.97. The van der Waals surface area contributed by atoms with Gasteiger partial charge in [0.25, 0.3) is 0 Å². The van der Waals surface area contributed by atoms with Crippen LogP contribution in [0.4, 0.5) is 5.69 Å². The first kappa shape index (κ1) is 32.2. The van der Waals surface area contributed by atoms with Crippen LogP contribution in [0.25, 0.3) is 0 Å². The largest absolute Gasteiger partial charge is 0.486 e. The molecule has 1 heterocycles. The Bertz CT molecular complexity index is 1540. The van der Waals surface area contributed by atoms with Crippen molar-refractivity contribution in [2.75, 3.05) is 29.8 Å². The van der Waals surface area contributed by atoms with E-state index in [1.165, 1.54) is 11.8 Å². The van der Waals surface area contributed by atoms with Crippen LogP contribution in [0.1, 0.15) is 38.8 Å². The monoisotopic (exact) mass is 627 g/mol. The van der Waals surface area contributed by atoms with E-state index in [2.05, 4.69) is 5.32 Å². The molecule has 11 heteroatoms. The minimum absolute atomic E-state index is 0.0373. The summed E-state index contributed by atoms with van der Waals surface area (Å²) in [6.07, 6.45) is 0.222. The van der Waals surface area contributed by atoms with Crippen molar-refractivity contribution in [3.63, 3.8) is 0 Å². The average molecular weight is 628 g/mol. The molecule has 1 unspecified atom stereocenters. The van der Waals surface area contributed by atoms with Gasteiger partial charge in [-0.1, -0.05) is 54.1 Å². The van der Waals surface area contributed by atoms with Crippen LogP contribution in [0, 0.1) is 0 Å². The van der Waals surface area contributed by atoms with E-state index in [9.17, 15) is 18.0 Å². The summed E-state index contributed by atoms with van der Waals surface area (Å²) in [5.41, 5.74) is 1.25. The van der Waals surface area contributed by atoms with Crippen molar-refractivity contribution >= 4 is 39.1 Å². The molecule has 0 radical (unpaired) electrons. The molecule has 1 aliphatic heterocycles. The fraction of sp³-hybridized carbons (Fsp3) is 0.375. The predicted octanol–water partition coefficient (Wildman–Crippen LogP) is 4.82. The van der Waals surface area contributed by atoms with E-state index in [1.807, 2.05) is 57.2 Å². The molecule has 9 nitrogen and oxygen atoms in total. The van der Waals surface area contributed by atoms with Crippen LogP contribution in [0.15, 0.2) is 72.8 Å². The number of hydrogen-bond acceptors (Lipinski definition) is 6. The summed E-state index contributed by atoms with van der Waals surface area (Å²) in [4.78, 5) is 29.6. The second kappa shape index (κ2) is 13.7. The number of nitrogens with one attached hydrogen (secondary N) is 1. The molecule has 1 aliphatic rings. The Morgan fingerprint density at radius 3 is 2.26 bits per heavy atom. The molecule has 3 aromatic rings. The number of ether oxygens (including phenoxy) is 2. The number of fused-ring (bicyclic) bond motifs is 1. The summed E-state index contributed by atoms with van der Waals surface area (Å²) in [6, 6.07) is 20.3. The Kier molecular flexibility index (Phi) is 10.2. The second-order valence-electron chi connectivity index (χ2n) is 11.3. The zero-order chi connectivity index (χ0) is 31.2. The molecule has 2 amide bonds. The van der Waals surface area contributed by atoms with Gasteiger partial charge in [0.15, 0.2) is 11.5 Å². The van der Waals surface area contributed by atoms with Gasteiger partial charge in [-0.3, -0.25) is 13.9 Å². The maximum absolute atomic E-state index is 14.3. The highest BCUT2D eigenvalue weighted by atomic mass is 35.5. The zero-order valence-corrected chi connectivity index (χ0v) is 26.5. The van der Waals surface area contributed by atoms with Gasteiger partial charge < -0.3 is 19.7 Å². The first-order chi connectivity index (χ1) is 20.4. The van der Waals surface area contributed by atoms with Crippen molar-refractivity contribution < 1.29 is 27.5 Å². The second-order valence-corrected chi connectivity index (χ2v) is 13.9. The van der Waals surface area contributed by atoms with Crippen LogP contribution >= 0.6 is 11.6 Å². The summed E-state index contributed by atoms with van der Waals surface area (Å²) < 4.78 is 39.1. The lowest BCUT2D eigenvalue weighted by Gasteiger charge is -2.35. The number of amides is 2. The lowest BCUT2D eigenvalue weighted by molar-refractivity contribution is -0.140. The van der Waals surface area contributed by atoms with Gasteiger partial charge >= 0.3 is 0 Å². The standard InChI is InChI=1S/C32H38ClN3O6S/c1-5-43(39,40)36(26-14-15-28-29(20-26)42-17-16-41-28)22-30(37)35(21-24-12-9-13-25(33)18-24)27(31(38)34-32(2,3)4)19-23-10-7-6-8-11-23/h6-15,18,20,27H,5,16-17,19,21-22H2,1-4H3,(H,34,38). The van der Waals surface area contributed by atoms with Crippen molar-refractivity contribution in [2.45, 2.75) is 52.2 Å². The quantitative estimate of drug-likeness (QED) is 0.327. The van der Waals surface area contributed by atoms with Crippen LogP contribution in [0.3, 0.4) is 0 Å². The maximum Gasteiger partial charge on any atom is 0.244 e. The molecule has 1 N–H and O–H groups in total. The van der Waals surface area contributed by atoms with Crippen LogP contribution in [0.2, 0.25) is 5.02 Å². The Morgan fingerprint density at radius 2 is 1.60 bits per heavy atom. The number of sulfonamides is 1. The van der Waals surface area contributed by atoms with Gasteiger partial charge in [0, 0.05) is 29.6 Å². The molecule has 43 heavy (non-hydrogen) atoms. The SMILES string of the molecule is CCS(=O)(=O)N(CC(=O)N(Cc1cccc(Cl)c1)C(Cc1ccccc1)C(=O)NC(C)(C)C)c1ccc2c(c1)OCCO2. The fourth-order valence-electron chi connectivity index (χ4n) is 4.75. The van der Waals surface area contributed by atoms with Crippen LogP contribution < -0.4 is 19.1 Å². The van der Waals surface area contributed by atoms with E-state index >= 15 is 0 Å². The number of rotatable bonds is 11. The van der Waals surface area contributed by atoms with Gasteiger partial charge in [0.2, 0.25) is 21.8 Å². The number of anilines is 1. The lowest BCUT2D eigenvalue weighted by atomic mass is 10.0. The van der Waals surface area contributed by atoms with Crippen LogP contribution in [0.5, 0.6) is 11.5 Å². The van der Waals surface area contributed by atoms with Crippen LogP contribution in [-0.2, 0) is 32.6 Å². The molecular weight excluding hydrogens is 590 g/mol. The van der Waals surface area contributed by atoms with Gasteiger partial charge in [-0.2, -0.15) is 0 Å². The van der Waals surface area contributed by atoms with Gasteiger partial charge in [-0.15, -0.1) is 0 Å². The highest BCUT2D eigenvalue weighted by Crippen LogP contribution is 2.35. The Labute approximate surface area is 258 Å². The normalized spacial score (nSPS) is 13.6. The van der Waals surface area contributed by atoms with Gasteiger partial charge in [-0.05, 0) is 63.1 Å². The molecule has 0 saturated heterocycles. The summed E-state index contributed by atoms with van der Waals surface area (Å²) in [5, 5.41) is 3.49. The molecular formula is C32H38ClN3O6S. The number of carbonyl (C=O) groups excluding carboxylic acids is 2. The summed E-state index contributed by atoms with van der Waals surface area (Å²) >= 11 is 6.28. The maximum atomic E-state index is 14.3. The minimum atomic E-state index is -3.91. The molecule has 0 aliphatic carbocycles. The molecule has 0 saturated carbocycles. The summed E-state index contributed by atoms with van der Waals surface area (Å²) in [7, 11) is -3.91. The third-order valence-corrected chi connectivity index (χ3v) is 8.78. The summed E-state index contributed by atoms with van der Waals surface area (Å²) in [5.74, 6) is -0.233. The third-order valence-electron chi connectivity index (χ3n) is 6.80. The number of hydrogen-bond donors (Lipinski definition) is 1. The number of benzene rings is 3. The van der Waals surface area contributed by atoms with E-state index in [-0.39, 0.29) is 30.3 Å². The van der Waals surface area contributed by atoms with E-state index in [0.717, 1.165) is 9.87 Å². The molecule has 0 spiro atoms. The van der Waals surface area contributed by atoms with Gasteiger partial charge in [0.05, 0.1) is 11.4 Å². The molecule has 230 valence electrons. The molecule has 0 fully saturated rings. The highest BCUT2D eigenvalue weighted by Gasteiger charge is 2.35. The molecule has 1 atom stereocenters. The Morgan fingerprint density at radius 1 is 0.930 bits per heavy atom. The van der Waals surface area contributed by atoms with E-state index < -0.39 is 34.1 Å². The van der Waals surface area contributed by atoms with E-state index in [4.69, 9.17) is 21.1 Å². The Hall–Kier alpha value is -3.76. The van der Waals surface area contributed by atoms with Crippen molar-refractivity contribution in [1.29, 1.82) is 0 Å². The van der Waals surface area contributed by atoms with Gasteiger partial charge in [0.1, 0.15) is 25.8 Å². The van der Waals surface area contributed by atoms with Gasteiger partial charge in [-0.25, -0.2) is 8.42 Å². The van der Waals surface area contributed by atoms with Crippen LogP contribution in [-0.4, -0.2) is 62.2 Å². The Balaban J connectivity index is 1.76. The predicted molar refractivity (Wildman–Crippen MR) is 168 cm³/mol. The smallest absolute Gasteiger partial charge is 0.244 e. The topological polar surface area (TPSA) is 105 Å². The van der Waals surface area contributed by atoms with Crippen molar-refractivity contribution in [2.24, 2.45) is 0 Å². The first-order valence-electron chi connectivity index (χ1n) is 14.2. The minimum Gasteiger partial charge on any atom is -0.486 e. The van der Waals surface area contributed by atoms with E-state index in [1.54, 1.807) is 36.4 Å². The fourth-order valence-corrected chi connectivity index (χ4v) is 6.01. The molecule has 0 bridgehead atoms. The highest BCUT2D eigenvalue weighted by molar-refractivity contribution is 7.92. The summed E-state index contributed by atoms with van der Waals surface area (Å²) in [6.45, 7) is 7.35. The molecule has 0 aromatic heterocycles. The van der Waals surface area contributed by atoms with E-state index in [0.29, 0.717) is 35.3 Å². The molecule has 3 aromatic carbocycles. The van der Waals surface area contributed by atoms with Crippen molar-refractivity contribution in [1.82, 2.24) is 10.2 Å². The number of carbonyl (C=O) groups is 2. The lowest BCUT2D eigenvalue weighted by Crippen LogP contribution is -2.56. The first-order valence-corrected chi connectivity index (χ1v) is 16.1. The van der Waals surface area contributed by atoms with Crippen molar-refractivity contribution in [3.8, 4) is 11.5 Å².